The third-order valence-corrected chi connectivity index (χ3v) is 5.21. The number of nitrogens with zero attached hydrogens (tertiary/aromatic N) is 1. The van der Waals surface area contributed by atoms with Gasteiger partial charge in [0, 0.05) is 36.6 Å². The Hall–Kier alpha value is -0.300. The zero-order valence-electron chi connectivity index (χ0n) is 11.9. The number of piperazine rings is 1. The van der Waals surface area contributed by atoms with Gasteiger partial charge < -0.3 is 10.4 Å². The molecule has 1 aliphatic rings. The molecule has 1 aliphatic heterocycles. The Morgan fingerprint density at radius 2 is 1.86 bits per heavy atom. The molecule has 122 valence electrons. The van der Waals surface area contributed by atoms with Crippen molar-refractivity contribution in [2.24, 2.45) is 0 Å². The maximum absolute atomic E-state index is 10.4. The molecule has 2 N–H and O–H groups in total. The minimum atomic E-state index is 0. The van der Waals surface area contributed by atoms with Gasteiger partial charge in [0.05, 0.1) is 10.5 Å². The second-order valence-corrected chi connectivity index (χ2v) is 6.72. The lowest BCUT2D eigenvalue weighted by Gasteiger charge is -2.35. The van der Waals surface area contributed by atoms with E-state index in [0.717, 1.165) is 36.2 Å². The van der Waals surface area contributed by atoms with Gasteiger partial charge in [-0.3, -0.25) is 4.90 Å². The lowest BCUT2D eigenvalue weighted by atomic mass is 10.0. The predicted molar refractivity (Wildman–Crippen MR) is 101 cm³/mol. The van der Waals surface area contributed by atoms with Gasteiger partial charge in [0.15, 0.2) is 0 Å². The molecule has 2 aromatic rings. The molecule has 0 radical (unpaired) electrons. The summed E-state index contributed by atoms with van der Waals surface area (Å²) < 4.78 is 0.756. The first-order chi connectivity index (χ1) is 9.77. The van der Waals surface area contributed by atoms with Crippen molar-refractivity contribution in [3.63, 3.8) is 0 Å². The zero-order valence-corrected chi connectivity index (χ0v) is 15.9. The molecule has 0 unspecified atom stereocenters. The molecule has 22 heavy (non-hydrogen) atoms. The van der Waals surface area contributed by atoms with Gasteiger partial charge in [-0.2, -0.15) is 0 Å². The van der Waals surface area contributed by atoms with Gasteiger partial charge in [-0.25, -0.2) is 0 Å². The van der Waals surface area contributed by atoms with Crippen molar-refractivity contribution >= 4 is 52.1 Å². The van der Waals surface area contributed by atoms with Crippen LogP contribution < -0.4 is 5.32 Å². The molecule has 1 fully saturated rings. The van der Waals surface area contributed by atoms with E-state index in [2.05, 4.69) is 43.7 Å². The molecule has 1 aromatic heterocycles. The van der Waals surface area contributed by atoms with Crippen LogP contribution in [-0.4, -0.2) is 36.2 Å². The Morgan fingerprint density at radius 3 is 2.50 bits per heavy atom. The maximum Gasteiger partial charge on any atom is 0.134 e. The van der Waals surface area contributed by atoms with Gasteiger partial charge in [0.25, 0.3) is 0 Å². The summed E-state index contributed by atoms with van der Waals surface area (Å²) in [4.78, 5) is 3.71. The highest BCUT2D eigenvalue weighted by Gasteiger charge is 2.27. The lowest BCUT2D eigenvalue weighted by molar-refractivity contribution is 0.198. The van der Waals surface area contributed by atoms with Crippen LogP contribution in [0.25, 0.3) is 0 Å². The topological polar surface area (TPSA) is 35.5 Å². The average molecular weight is 426 g/mol. The van der Waals surface area contributed by atoms with Crippen molar-refractivity contribution < 1.29 is 5.11 Å². The molecule has 0 bridgehead atoms. The number of rotatable bonds is 3. The number of hydrogen-bond donors (Lipinski definition) is 2. The summed E-state index contributed by atoms with van der Waals surface area (Å²) in [7, 11) is 0. The largest absolute Gasteiger partial charge is 0.506 e. The first kappa shape index (κ1) is 19.7. The minimum Gasteiger partial charge on any atom is -0.506 e. The number of nitrogens with one attached hydrogen (secondary N) is 1. The van der Waals surface area contributed by atoms with Crippen LogP contribution in [0.1, 0.15) is 16.5 Å². The van der Waals surface area contributed by atoms with Gasteiger partial charge in [0.2, 0.25) is 0 Å². The summed E-state index contributed by atoms with van der Waals surface area (Å²) in [5.41, 5.74) is 0.976. The average Bonchev–Trinajstić information content (AvgIpc) is 2.99. The van der Waals surface area contributed by atoms with Crippen LogP contribution in [0.4, 0.5) is 0 Å². The molecular weight excluding hydrogens is 407 g/mol. The van der Waals surface area contributed by atoms with Gasteiger partial charge >= 0.3 is 0 Å². The normalized spacial score (nSPS) is 16.4. The molecule has 3 nitrogen and oxygen atoms in total. The van der Waals surface area contributed by atoms with Gasteiger partial charge in [-0.05, 0) is 33.4 Å². The van der Waals surface area contributed by atoms with E-state index in [4.69, 9.17) is 0 Å². The zero-order chi connectivity index (χ0) is 13.9. The van der Waals surface area contributed by atoms with Crippen LogP contribution in [-0.2, 0) is 0 Å². The van der Waals surface area contributed by atoms with Crippen LogP contribution in [0.3, 0.4) is 0 Å². The van der Waals surface area contributed by atoms with E-state index in [1.54, 1.807) is 11.3 Å². The van der Waals surface area contributed by atoms with E-state index in [0.29, 0.717) is 5.75 Å². The fraction of sp³-hybridized carbons (Fsp3) is 0.333. The van der Waals surface area contributed by atoms with Crippen LogP contribution in [0.2, 0.25) is 0 Å². The standard InChI is InChI=1S/C15H17BrN2OS.2ClH/c16-12-4-1-3-11(15(12)19)14(13-5-2-10-20-13)18-8-6-17-7-9-18;;/h1-5,10,14,17,19H,6-9H2;2*1H/t14-;;/m0../s1. The van der Waals surface area contributed by atoms with E-state index in [-0.39, 0.29) is 30.9 Å². The minimum absolute atomic E-state index is 0. The van der Waals surface area contributed by atoms with Crippen LogP contribution >= 0.6 is 52.1 Å². The third kappa shape index (κ3) is 4.16. The number of phenols is 1. The van der Waals surface area contributed by atoms with Crippen molar-refractivity contribution in [3.05, 3.63) is 50.6 Å². The van der Waals surface area contributed by atoms with Crippen LogP contribution in [0, 0.1) is 0 Å². The highest BCUT2D eigenvalue weighted by molar-refractivity contribution is 9.10. The number of thiophene rings is 1. The predicted octanol–water partition coefficient (Wildman–Crippen LogP) is 4.05. The van der Waals surface area contributed by atoms with E-state index in [9.17, 15) is 5.11 Å². The molecule has 2 heterocycles. The highest BCUT2D eigenvalue weighted by atomic mass is 79.9. The highest BCUT2D eigenvalue weighted by Crippen LogP contribution is 2.39. The number of para-hydroxylation sites is 1. The Labute approximate surface area is 155 Å². The van der Waals surface area contributed by atoms with Crippen molar-refractivity contribution in [2.75, 3.05) is 26.2 Å². The number of aromatic hydroxyl groups is 1. The number of halogens is 3. The van der Waals surface area contributed by atoms with Crippen molar-refractivity contribution in [3.8, 4) is 5.75 Å². The van der Waals surface area contributed by atoms with E-state index < -0.39 is 0 Å². The van der Waals surface area contributed by atoms with Crippen molar-refractivity contribution in [1.29, 1.82) is 0 Å². The fourth-order valence-corrected chi connectivity index (χ4v) is 3.93. The Kier molecular flexibility index (Phi) is 8.17. The van der Waals surface area contributed by atoms with Gasteiger partial charge in [-0.1, -0.05) is 18.2 Å². The summed E-state index contributed by atoms with van der Waals surface area (Å²) >= 11 is 5.17. The molecule has 0 aliphatic carbocycles. The molecule has 0 spiro atoms. The van der Waals surface area contributed by atoms with Crippen molar-refractivity contribution in [1.82, 2.24) is 10.2 Å². The third-order valence-electron chi connectivity index (χ3n) is 3.64. The molecule has 1 aromatic carbocycles. The summed E-state index contributed by atoms with van der Waals surface area (Å²) in [5.74, 6) is 0.351. The number of benzene rings is 1. The van der Waals surface area contributed by atoms with E-state index in [1.807, 2.05) is 18.2 Å². The summed E-state index contributed by atoms with van der Waals surface area (Å²) in [6.07, 6.45) is 0. The smallest absolute Gasteiger partial charge is 0.134 e. The van der Waals surface area contributed by atoms with Crippen LogP contribution in [0.15, 0.2) is 40.2 Å². The molecule has 7 heteroatoms. The Morgan fingerprint density at radius 1 is 1.14 bits per heavy atom. The summed E-state index contributed by atoms with van der Waals surface area (Å²) in [6.45, 7) is 3.98. The van der Waals surface area contributed by atoms with E-state index in [1.165, 1.54) is 4.88 Å². The SMILES string of the molecule is Cl.Cl.Oc1c(Br)cccc1[C@@H](c1cccs1)N1CCNCC1. The molecule has 0 amide bonds. The molecule has 3 rings (SSSR count). The summed E-state index contributed by atoms with van der Waals surface area (Å²) in [5, 5.41) is 15.9. The number of hydrogen-bond acceptors (Lipinski definition) is 4. The summed E-state index contributed by atoms with van der Waals surface area (Å²) in [6, 6.07) is 10.2. The van der Waals surface area contributed by atoms with Crippen molar-refractivity contribution in [2.45, 2.75) is 6.04 Å². The molecular formula is C15H19BrCl2N2OS. The first-order valence-electron chi connectivity index (χ1n) is 6.73. The Balaban J connectivity index is 0.00000121. The fourth-order valence-electron chi connectivity index (χ4n) is 2.67. The van der Waals surface area contributed by atoms with Gasteiger partial charge in [-0.15, -0.1) is 36.2 Å². The maximum atomic E-state index is 10.4. The molecule has 1 saturated heterocycles. The first-order valence-corrected chi connectivity index (χ1v) is 8.40. The Bertz CT molecular complexity index is 577. The lowest BCUT2D eigenvalue weighted by Crippen LogP contribution is -2.45. The molecule has 1 atom stereocenters. The second-order valence-electron chi connectivity index (χ2n) is 4.88. The van der Waals surface area contributed by atoms with Crippen LogP contribution in [0.5, 0.6) is 5.75 Å². The van der Waals surface area contributed by atoms with E-state index >= 15 is 0 Å². The van der Waals surface area contributed by atoms with Gasteiger partial charge in [0.1, 0.15) is 5.75 Å². The monoisotopic (exact) mass is 424 g/mol. The quantitative estimate of drug-likeness (QED) is 0.778. The molecule has 0 saturated carbocycles. The number of phenolic OH excluding ortho intramolecular Hbond substituents is 1. The second kappa shape index (κ2) is 9.11.